The van der Waals surface area contributed by atoms with Crippen molar-refractivity contribution in [3.05, 3.63) is 0 Å². The van der Waals surface area contributed by atoms with Gasteiger partial charge in [-0.3, -0.25) is 0 Å². The maximum absolute atomic E-state index is 8.42. The summed E-state index contributed by atoms with van der Waals surface area (Å²) in [6, 6.07) is 4.43. The predicted molar refractivity (Wildman–Crippen MR) is 170 cm³/mol. The van der Waals surface area contributed by atoms with Crippen LogP contribution in [-0.4, -0.2) is 0 Å². The van der Waals surface area contributed by atoms with E-state index in [4.69, 9.17) is 10.5 Å². The largest absolute Gasteiger partial charge is 0.198 e. The summed E-state index contributed by atoms with van der Waals surface area (Å²) in [7, 11) is 0. The summed E-state index contributed by atoms with van der Waals surface area (Å²) in [5.74, 6) is 0. The van der Waals surface area contributed by atoms with Gasteiger partial charge in [0.2, 0.25) is 0 Å². The quantitative estimate of drug-likeness (QED) is 0.0867. The fourth-order valence-electron chi connectivity index (χ4n) is 5.15. The normalized spacial score (nSPS) is 10.5. The Morgan fingerprint density at radius 3 is 0.579 bits per heavy atom. The van der Waals surface area contributed by atoms with Crippen LogP contribution in [-0.2, 0) is 0 Å². The molecule has 0 aliphatic carbocycles. The average molecular weight is 531 g/mol. The van der Waals surface area contributed by atoms with Gasteiger partial charge in [0.25, 0.3) is 0 Å². The molecule has 38 heavy (non-hydrogen) atoms. The third-order valence-electron chi connectivity index (χ3n) is 7.78. The number of nitriles is 2. The van der Waals surface area contributed by atoms with E-state index in [0.29, 0.717) is 0 Å². The highest BCUT2D eigenvalue weighted by molar-refractivity contribution is 4.68. The minimum absolute atomic E-state index is 0.748. The molecule has 0 aromatic heterocycles. The molecular weight excluding hydrogens is 460 g/mol. The molecule has 0 radical (unpaired) electrons. The third-order valence-corrected chi connectivity index (χ3v) is 7.78. The first-order valence-electron chi connectivity index (χ1n) is 17.6. The molecule has 2 heteroatoms. The van der Waals surface area contributed by atoms with Crippen molar-refractivity contribution in [3.63, 3.8) is 0 Å². The van der Waals surface area contributed by atoms with Crippen molar-refractivity contribution in [2.24, 2.45) is 0 Å². The molecule has 0 aliphatic rings. The second-order valence-corrected chi connectivity index (χ2v) is 11.7. The van der Waals surface area contributed by atoms with Gasteiger partial charge >= 0.3 is 0 Å². The molecule has 0 fully saturated rings. The Balaban J connectivity index is 0. The standard InChI is InChI=1S/2C18H35N/c2*1-2-3-4-5-6-7-8-9-10-11-12-13-14-15-16-17-18-19/h2*2-17H2,1H3. The van der Waals surface area contributed by atoms with Gasteiger partial charge in [0.15, 0.2) is 0 Å². The van der Waals surface area contributed by atoms with E-state index in [0.717, 1.165) is 25.7 Å². The molecule has 0 bridgehead atoms. The molecule has 0 unspecified atom stereocenters. The molecule has 0 N–H and O–H groups in total. The molecule has 0 rings (SSSR count). The third kappa shape index (κ3) is 42.1. The van der Waals surface area contributed by atoms with Gasteiger partial charge in [0, 0.05) is 12.8 Å². The monoisotopic (exact) mass is 531 g/mol. The highest BCUT2D eigenvalue weighted by Crippen LogP contribution is 2.15. The van der Waals surface area contributed by atoms with Crippen LogP contribution >= 0.6 is 0 Å². The van der Waals surface area contributed by atoms with Crippen LogP contribution in [0.3, 0.4) is 0 Å². The van der Waals surface area contributed by atoms with E-state index in [9.17, 15) is 0 Å². The Kier molecular flexibility index (Phi) is 41.7. The fraction of sp³-hybridized carbons (Fsp3) is 0.944. The summed E-state index contributed by atoms with van der Waals surface area (Å²) in [5, 5.41) is 16.8. The lowest BCUT2D eigenvalue weighted by Gasteiger charge is -2.02. The van der Waals surface area contributed by atoms with Crippen molar-refractivity contribution in [1.29, 1.82) is 10.5 Å². The molecule has 0 saturated carbocycles. The first-order valence-corrected chi connectivity index (χ1v) is 17.6. The summed E-state index contributed by atoms with van der Waals surface area (Å²) >= 11 is 0. The molecule has 0 atom stereocenters. The highest BCUT2D eigenvalue weighted by Gasteiger charge is 1.95. The molecule has 224 valence electrons. The summed E-state index contributed by atoms with van der Waals surface area (Å²) < 4.78 is 0. The molecule has 0 aromatic rings. The summed E-state index contributed by atoms with van der Waals surface area (Å²) in [6.07, 6.45) is 43.2. The van der Waals surface area contributed by atoms with E-state index >= 15 is 0 Å². The fourth-order valence-corrected chi connectivity index (χ4v) is 5.15. The molecule has 0 aliphatic heterocycles. The minimum atomic E-state index is 0.748. The van der Waals surface area contributed by atoms with Gasteiger partial charge in [-0.25, -0.2) is 0 Å². The number of unbranched alkanes of at least 4 members (excludes halogenated alkanes) is 30. The van der Waals surface area contributed by atoms with Crippen molar-refractivity contribution in [2.75, 3.05) is 0 Å². The summed E-state index contributed by atoms with van der Waals surface area (Å²) in [5.41, 5.74) is 0. The van der Waals surface area contributed by atoms with Crippen LogP contribution in [0.1, 0.15) is 219 Å². The zero-order valence-corrected chi connectivity index (χ0v) is 26.5. The maximum Gasteiger partial charge on any atom is 0.0621 e. The Morgan fingerprint density at radius 2 is 0.421 bits per heavy atom. The van der Waals surface area contributed by atoms with Crippen LogP contribution in [0.25, 0.3) is 0 Å². The number of hydrogen-bond donors (Lipinski definition) is 0. The number of nitrogens with zero attached hydrogens (tertiary/aromatic N) is 2. The van der Waals surface area contributed by atoms with Gasteiger partial charge in [-0.05, 0) is 12.8 Å². The summed E-state index contributed by atoms with van der Waals surface area (Å²) in [6.45, 7) is 4.56. The lowest BCUT2D eigenvalue weighted by molar-refractivity contribution is 0.533. The van der Waals surface area contributed by atoms with Gasteiger partial charge < -0.3 is 0 Å². The van der Waals surface area contributed by atoms with E-state index in [1.54, 1.807) is 0 Å². The topological polar surface area (TPSA) is 47.6 Å². The molecule has 0 spiro atoms. The minimum Gasteiger partial charge on any atom is -0.198 e. The lowest BCUT2D eigenvalue weighted by atomic mass is 10.0. The van der Waals surface area contributed by atoms with Crippen molar-refractivity contribution < 1.29 is 0 Å². The van der Waals surface area contributed by atoms with Gasteiger partial charge in [-0.2, -0.15) is 10.5 Å². The average Bonchev–Trinajstić information content (AvgIpc) is 2.93. The number of hydrogen-bond acceptors (Lipinski definition) is 2. The van der Waals surface area contributed by atoms with Crippen LogP contribution in [0, 0.1) is 22.7 Å². The summed E-state index contributed by atoms with van der Waals surface area (Å²) in [4.78, 5) is 0. The zero-order valence-electron chi connectivity index (χ0n) is 26.5. The van der Waals surface area contributed by atoms with E-state index in [2.05, 4.69) is 26.0 Å². The second kappa shape index (κ2) is 40.5. The Morgan fingerprint density at radius 1 is 0.263 bits per heavy atom. The van der Waals surface area contributed by atoms with Gasteiger partial charge in [0.05, 0.1) is 12.1 Å². The molecular formula is C36H70N2. The Bertz CT molecular complexity index is 429. The Labute approximate surface area is 241 Å². The van der Waals surface area contributed by atoms with Crippen LogP contribution < -0.4 is 0 Å². The highest BCUT2D eigenvalue weighted by atomic mass is 14.2. The van der Waals surface area contributed by atoms with Crippen molar-refractivity contribution >= 4 is 0 Å². The van der Waals surface area contributed by atoms with Crippen LogP contribution in [0.5, 0.6) is 0 Å². The second-order valence-electron chi connectivity index (χ2n) is 11.7. The molecule has 2 nitrogen and oxygen atoms in total. The lowest BCUT2D eigenvalue weighted by Crippen LogP contribution is -1.83. The Hall–Kier alpha value is -1.02. The van der Waals surface area contributed by atoms with Gasteiger partial charge in [0.1, 0.15) is 0 Å². The van der Waals surface area contributed by atoms with Gasteiger partial charge in [-0.1, -0.05) is 194 Å². The molecule has 0 saturated heterocycles. The smallest absolute Gasteiger partial charge is 0.0621 e. The van der Waals surface area contributed by atoms with Crippen LogP contribution in [0.2, 0.25) is 0 Å². The van der Waals surface area contributed by atoms with Crippen molar-refractivity contribution in [3.8, 4) is 12.1 Å². The molecule has 0 aromatic carbocycles. The van der Waals surface area contributed by atoms with Crippen molar-refractivity contribution in [1.82, 2.24) is 0 Å². The van der Waals surface area contributed by atoms with E-state index in [1.165, 1.54) is 180 Å². The van der Waals surface area contributed by atoms with E-state index < -0.39 is 0 Å². The predicted octanol–water partition coefficient (Wildman–Crippen LogP) is 13.5. The van der Waals surface area contributed by atoms with Crippen molar-refractivity contribution in [2.45, 2.75) is 219 Å². The first kappa shape index (κ1) is 39.1. The van der Waals surface area contributed by atoms with E-state index in [1.807, 2.05) is 0 Å². The SMILES string of the molecule is CCCCCCCCCCCCCCCCCC#N.CCCCCCCCCCCCCCCCCC#N. The van der Waals surface area contributed by atoms with Crippen LogP contribution in [0.15, 0.2) is 0 Å². The first-order chi connectivity index (χ1) is 18.8. The van der Waals surface area contributed by atoms with Crippen LogP contribution in [0.4, 0.5) is 0 Å². The molecule has 0 heterocycles. The zero-order chi connectivity index (χ0) is 28.0. The molecule has 0 amide bonds. The van der Waals surface area contributed by atoms with Gasteiger partial charge in [-0.15, -0.1) is 0 Å². The maximum atomic E-state index is 8.42. The van der Waals surface area contributed by atoms with E-state index in [-0.39, 0.29) is 0 Å². The number of rotatable bonds is 30.